The fourth-order valence-corrected chi connectivity index (χ4v) is 5.59. The van der Waals surface area contributed by atoms with Gasteiger partial charge >= 0.3 is 24.7 Å². The molecule has 0 saturated carbocycles. The van der Waals surface area contributed by atoms with E-state index in [-0.39, 0.29) is 35.4 Å². The minimum absolute atomic E-state index is 0.0545. The standard InChI is InChI=1S/C26H19F6N3OS.C10H9F6N/c1-35(14-15-10-17(25(27,28)29)12-18(11-15)26(30,31)32)23(36)21-13-33-24(37-2)34-22(21)20-9-5-7-16-6-3-4-8-19(16)20;1-17-5-6-2-7(9(11,12)13)4-8(3-6)10(14,15)16/h3-13H,14H2,1-2H3;2-4,17H,5H2,1H3. The molecule has 0 radical (unpaired) electrons. The number of carbonyl (C=O) groups excluding carboxylic acids is 1. The molecule has 1 heterocycles. The average Bonchev–Trinajstić information content (AvgIpc) is 3.09. The Bertz CT molecular complexity index is 2040. The van der Waals surface area contributed by atoms with E-state index in [0.29, 0.717) is 40.7 Å². The van der Waals surface area contributed by atoms with Crippen molar-refractivity contribution in [3.8, 4) is 11.3 Å². The Labute approximate surface area is 304 Å². The second-order valence-corrected chi connectivity index (χ2v) is 12.4. The first-order chi connectivity index (χ1) is 25.0. The Morgan fingerprint density at radius 3 is 1.67 bits per heavy atom. The van der Waals surface area contributed by atoms with Crippen molar-refractivity contribution in [3.05, 3.63) is 124 Å². The lowest BCUT2D eigenvalue weighted by Gasteiger charge is -2.21. The molecule has 4 aromatic carbocycles. The predicted octanol–water partition coefficient (Wildman–Crippen LogP) is 10.8. The smallest absolute Gasteiger partial charge is 0.337 e. The van der Waals surface area contributed by atoms with Crippen LogP contribution in [0.4, 0.5) is 52.7 Å². The maximum absolute atomic E-state index is 13.4. The Morgan fingerprint density at radius 1 is 0.704 bits per heavy atom. The third kappa shape index (κ3) is 10.4. The second-order valence-electron chi connectivity index (χ2n) is 11.7. The molecule has 0 fully saturated rings. The molecule has 0 atom stereocenters. The Kier molecular flexibility index (Phi) is 12.6. The summed E-state index contributed by atoms with van der Waals surface area (Å²) in [5.41, 5.74) is -4.82. The van der Waals surface area contributed by atoms with Crippen molar-refractivity contribution < 1.29 is 57.5 Å². The maximum atomic E-state index is 13.4. The molecule has 0 unspecified atom stereocenters. The van der Waals surface area contributed by atoms with Gasteiger partial charge in [0.05, 0.1) is 33.5 Å². The number of amides is 1. The van der Waals surface area contributed by atoms with Crippen LogP contribution in [-0.4, -0.2) is 41.1 Å². The fourth-order valence-electron chi connectivity index (χ4n) is 5.25. The Morgan fingerprint density at radius 2 is 1.19 bits per heavy atom. The molecule has 0 bridgehead atoms. The van der Waals surface area contributed by atoms with Gasteiger partial charge in [0.1, 0.15) is 0 Å². The van der Waals surface area contributed by atoms with Crippen LogP contribution in [0, 0.1) is 0 Å². The van der Waals surface area contributed by atoms with E-state index in [0.717, 1.165) is 15.7 Å². The minimum atomic E-state index is -4.98. The summed E-state index contributed by atoms with van der Waals surface area (Å²) in [6.45, 7) is -0.557. The lowest BCUT2D eigenvalue weighted by atomic mass is 9.99. The normalized spacial score (nSPS) is 12.4. The first-order valence-corrected chi connectivity index (χ1v) is 16.6. The van der Waals surface area contributed by atoms with Crippen LogP contribution in [0.3, 0.4) is 0 Å². The zero-order valence-electron chi connectivity index (χ0n) is 28.2. The molecule has 1 amide bonds. The summed E-state index contributed by atoms with van der Waals surface area (Å²) in [5, 5.41) is 4.63. The Balaban J connectivity index is 0.000000321. The Hall–Kier alpha value is -4.84. The van der Waals surface area contributed by atoms with Gasteiger partial charge in [0.2, 0.25) is 0 Å². The number of rotatable bonds is 7. The predicted molar refractivity (Wildman–Crippen MR) is 178 cm³/mol. The number of nitrogens with one attached hydrogen (secondary N) is 1. The van der Waals surface area contributed by atoms with Gasteiger partial charge in [-0.15, -0.1) is 0 Å². The van der Waals surface area contributed by atoms with Gasteiger partial charge < -0.3 is 10.2 Å². The summed E-state index contributed by atoms with van der Waals surface area (Å²) in [6, 6.07) is 15.7. The number of nitrogens with zero attached hydrogens (tertiary/aromatic N) is 3. The van der Waals surface area contributed by atoms with E-state index in [9.17, 15) is 57.5 Å². The molecule has 0 aliphatic heterocycles. The van der Waals surface area contributed by atoms with E-state index in [1.54, 1.807) is 18.4 Å². The van der Waals surface area contributed by atoms with E-state index in [1.165, 1.54) is 32.1 Å². The molecule has 0 spiro atoms. The molecule has 1 aromatic heterocycles. The van der Waals surface area contributed by atoms with Gasteiger partial charge in [-0.05, 0) is 71.6 Å². The van der Waals surface area contributed by atoms with E-state index >= 15 is 0 Å². The summed E-state index contributed by atoms with van der Waals surface area (Å²) < 4.78 is 154. The number of hydrogen-bond donors (Lipinski definition) is 1. The lowest BCUT2D eigenvalue weighted by Crippen LogP contribution is -2.27. The summed E-state index contributed by atoms with van der Waals surface area (Å²) >= 11 is 1.26. The van der Waals surface area contributed by atoms with Crippen molar-refractivity contribution in [1.82, 2.24) is 20.2 Å². The highest BCUT2D eigenvalue weighted by molar-refractivity contribution is 7.98. The molecule has 0 aliphatic carbocycles. The van der Waals surface area contributed by atoms with Crippen molar-refractivity contribution in [3.63, 3.8) is 0 Å². The first kappa shape index (κ1) is 41.9. The summed E-state index contributed by atoms with van der Waals surface area (Å²) in [5.74, 6) is -0.651. The third-order valence-corrected chi connectivity index (χ3v) is 8.23. The van der Waals surface area contributed by atoms with Gasteiger partial charge in [-0.1, -0.05) is 54.2 Å². The van der Waals surface area contributed by atoms with Gasteiger partial charge in [-0.2, -0.15) is 52.7 Å². The van der Waals surface area contributed by atoms with Crippen LogP contribution in [0.5, 0.6) is 0 Å². The zero-order chi connectivity index (χ0) is 40.2. The molecule has 1 N–H and O–H groups in total. The van der Waals surface area contributed by atoms with Crippen molar-refractivity contribution in [2.45, 2.75) is 43.0 Å². The van der Waals surface area contributed by atoms with Crippen LogP contribution in [0.1, 0.15) is 43.7 Å². The van der Waals surface area contributed by atoms with Crippen LogP contribution in [0.2, 0.25) is 0 Å². The van der Waals surface area contributed by atoms with E-state index in [4.69, 9.17) is 0 Å². The van der Waals surface area contributed by atoms with Crippen molar-refractivity contribution >= 4 is 28.4 Å². The van der Waals surface area contributed by atoms with Crippen LogP contribution >= 0.6 is 11.8 Å². The zero-order valence-corrected chi connectivity index (χ0v) is 29.0. The van der Waals surface area contributed by atoms with Crippen molar-refractivity contribution in [2.75, 3.05) is 20.4 Å². The molecule has 54 heavy (non-hydrogen) atoms. The number of thioether (sulfide) groups is 1. The topological polar surface area (TPSA) is 58.1 Å². The third-order valence-electron chi connectivity index (χ3n) is 7.67. The minimum Gasteiger partial charge on any atom is -0.337 e. The van der Waals surface area contributed by atoms with E-state index in [1.807, 2.05) is 30.3 Å². The number of carbonyl (C=O) groups is 1. The van der Waals surface area contributed by atoms with Crippen LogP contribution in [0.15, 0.2) is 90.2 Å². The molecular weight excluding hydrogens is 764 g/mol. The lowest BCUT2D eigenvalue weighted by molar-refractivity contribution is -0.144. The number of aromatic nitrogens is 2. The quantitative estimate of drug-likeness (QED) is 0.101. The highest BCUT2D eigenvalue weighted by atomic mass is 32.2. The highest BCUT2D eigenvalue weighted by Crippen LogP contribution is 2.38. The molecule has 18 heteroatoms. The summed E-state index contributed by atoms with van der Waals surface area (Å²) in [6.07, 6.45) is -16.5. The summed E-state index contributed by atoms with van der Waals surface area (Å²) in [4.78, 5) is 23.2. The largest absolute Gasteiger partial charge is 0.416 e. The maximum Gasteiger partial charge on any atom is 0.416 e. The fraction of sp³-hybridized carbons (Fsp3) is 0.250. The average molecular weight is 793 g/mol. The highest BCUT2D eigenvalue weighted by Gasteiger charge is 2.38. The van der Waals surface area contributed by atoms with E-state index < -0.39 is 59.4 Å². The van der Waals surface area contributed by atoms with E-state index in [2.05, 4.69) is 15.3 Å². The van der Waals surface area contributed by atoms with Crippen LogP contribution < -0.4 is 5.32 Å². The van der Waals surface area contributed by atoms with Crippen molar-refractivity contribution in [1.29, 1.82) is 0 Å². The number of fused-ring (bicyclic) bond motifs is 1. The van der Waals surface area contributed by atoms with Crippen molar-refractivity contribution in [2.24, 2.45) is 0 Å². The van der Waals surface area contributed by atoms with Gasteiger partial charge in [0.25, 0.3) is 5.91 Å². The van der Waals surface area contributed by atoms with Crippen LogP contribution in [0.25, 0.3) is 22.0 Å². The molecule has 5 aromatic rings. The van der Waals surface area contributed by atoms with Gasteiger partial charge in [-0.25, -0.2) is 9.97 Å². The van der Waals surface area contributed by atoms with Crippen LogP contribution in [-0.2, 0) is 37.8 Å². The summed E-state index contributed by atoms with van der Waals surface area (Å²) in [7, 11) is 2.73. The van der Waals surface area contributed by atoms with Gasteiger partial charge in [-0.3, -0.25) is 4.79 Å². The molecular formula is C36H28F12N4OS. The second kappa shape index (κ2) is 16.3. The van der Waals surface area contributed by atoms with Gasteiger partial charge in [0, 0.05) is 31.9 Å². The number of halogens is 12. The number of hydrogen-bond acceptors (Lipinski definition) is 5. The number of benzene rings is 4. The first-order valence-electron chi connectivity index (χ1n) is 15.4. The SMILES string of the molecule is CNCc1cc(C(F)(F)F)cc(C(F)(F)F)c1.CSc1ncc(C(=O)N(C)Cc2cc(C(F)(F)F)cc(C(F)(F)F)c2)c(-c2cccc3ccccc23)n1. The van der Waals surface area contributed by atoms with Gasteiger partial charge in [0.15, 0.2) is 5.16 Å². The molecule has 0 saturated heterocycles. The molecule has 5 nitrogen and oxygen atoms in total. The molecule has 288 valence electrons. The molecule has 0 aliphatic rings. The molecule has 5 rings (SSSR count). The number of alkyl halides is 12. The monoisotopic (exact) mass is 792 g/mol.